The fourth-order valence-electron chi connectivity index (χ4n) is 2.16. The van der Waals surface area contributed by atoms with Gasteiger partial charge in [0.15, 0.2) is 0 Å². The third kappa shape index (κ3) is 4.82. The highest BCUT2D eigenvalue weighted by Gasteiger charge is 2.31. The van der Waals surface area contributed by atoms with Crippen molar-refractivity contribution in [3.05, 3.63) is 71.3 Å². The monoisotopic (exact) mass is 352 g/mol. The molecule has 0 spiro atoms. The van der Waals surface area contributed by atoms with Crippen LogP contribution in [0.5, 0.6) is 0 Å². The lowest BCUT2D eigenvalue weighted by Gasteiger charge is -2.16. The number of hydrogen-bond acceptors (Lipinski definition) is 4. The van der Waals surface area contributed by atoms with Crippen LogP contribution < -0.4 is 0 Å². The van der Waals surface area contributed by atoms with Gasteiger partial charge in [-0.2, -0.15) is 13.2 Å². The molecule has 4 nitrogen and oxygen atoms in total. The van der Waals surface area contributed by atoms with E-state index >= 15 is 0 Å². The molecule has 0 aliphatic rings. The number of hydrogen-bond donors (Lipinski definition) is 0. The van der Waals surface area contributed by atoms with Crippen molar-refractivity contribution in [1.82, 2.24) is 0 Å². The minimum absolute atomic E-state index is 0.265. The van der Waals surface area contributed by atoms with E-state index in [1.165, 1.54) is 12.1 Å². The molecule has 25 heavy (non-hydrogen) atoms. The molecule has 0 aliphatic heterocycles. The number of rotatable bonds is 5. The van der Waals surface area contributed by atoms with Crippen LogP contribution in [0.2, 0.25) is 0 Å². The first-order chi connectivity index (χ1) is 11.8. The topological polar surface area (TPSA) is 52.6 Å². The summed E-state index contributed by atoms with van der Waals surface area (Å²) >= 11 is 0. The number of halogens is 3. The maximum Gasteiger partial charge on any atom is 0.416 e. The van der Waals surface area contributed by atoms with Gasteiger partial charge in [-0.1, -0.05) is 30.3 Å². The summed E-state index contributed by atoms with van der Waals surface area (Å²) in [6.07, 6.45) is -4.47. The minimum atomic E-state index is -4.47. The van der Waals surface area contributed by atoms with Gasteiger partial charge in [0.05, 0.1) is 18.2 Å². The maximum atomic E-state index is 12.6. The standard InChI is InChI=1S/C18H15F3O4/c1-24-17(23)15(11-25-16(22)13-5-3-2-4-6-13)12-7-9-14(10-8-12)18(19,20)21/h2-10,15H,11H2,1H3/t15-/m1/s1. The van der Waals surface area contributed by atoms with Crippen LogP contribution in [0.3, 0.4) is 0 Å². The highest BCUT2D eigenvalue weighted by atomic mass is 19.4. The molecule has 0 radical (unpaired) electrons. The van der Waals surface area contributed by atoms with Gasteiger partial charge in [0.1, 0.15) is 12.5 Å². The summed E-state index contributed by atoms with van der Waals surface area (Å²) < 4.78 is 47.6. The van der Waals surface area contributed by atoms with Gasteiger partial charge in [-0.05, 0) is 29.8 Å². The Hall–Kier alpha value is -2.83. The van der Waals surface area contributed by atoms with E-state index in [9.17, 15) is 22.8 Å². The quantitative estimate of drug-likeness (QED) is 0.768. The smallest absolute Gasteiger partial charge is 0.416 e. The van der Waals surface area contributed by atoms with Gasteiger partial charge < -0.3 is 9.47 Å². The number of ether oxygens (including phenoxy) is 2. The molecule has 0 saturated carbocycles. The van der Waals surface area contributed by atoms with Crippen molar-refractivity contribution in [1.29, 1.82) is 0 Å². The van der Waals surface area contributed by atoms with Crippen LogP contribution in [0.25, 0.3) is 0 Å². The predicted octanol–water partition coefficient (Wildman–Crippen LogP) is 3.82. The molecule has 0 aliphatic carbocycles. The summed E-state index contributed by atoms with van der Waals surface area (Å²) in [6.45, 7) is -0.342. The zero-order valence-electron chi connectivity index (χ0n) is 13.2. The highest BCUT2D eigenvalue weighted by Crippen LogP contribution is 2.30. The van der Waals surface area contributed by atoms with Crippen molar-refractivity contribution in [3.8, 4) is 0 Å². The Morgan fingerprint density at radius 2 is 1.60 bits per heavy atom. The first-order valence-electron chi connectivity index (χ1n) is 7.30. The van der Waals surface area contributed by atoms with Crippen molar-refractivity contribution < 1.29 is 32.2 Å². The predicted molar refractivity (Wildman–Crippen MR) is 82.9 cm³/mol. The lowest BCUT2D eigenvalue weighted by Crippen LogP contribution is -2.22. The summed E-state index contributed by atoms with van der Waals surface area (Å²) in [6, 6.07) is 12.2. The highest BCUT2D eigenvalue weighted by molar-refractivity contribution is 5.89. The van der Waals surface area contributed by atoms with Crippen molar-refractivity contribution in [3.63, 3.8) is 0 Å². The number of benzene rings is 2. The zero-order chi connectivity index (χ0) is 18.4. The molecule has 0 N–H and O–H groups in total. The van der Waals surface area contributed by atoms with Crippen LogP contribution in [-0.2, 0) is 20.4 Å². The Kier molecular flexibility index (Phi) is 5.80. The van der Waals surface area contributed by atoms with Crippen molar-refractivity contribution >= 4 is 11.9 Å². The second kappa shape index (κ2) is 7.83. The molecule has 2 aromatic rings. The van der Waals surface area contributed by atoms with Crippen molar-refractivity contribution in [2.75, 3.05) is 13.7 Å². The molecule has 0 fully saturated rings. The third-order valence-electron chi connectivity index (χ3n) is 3.52. The molecule has 0 saturated heterocycles. The van der Waals surface area contributed by atoms with Crippen LogP contribution in [0.4, 0.5) is 13.2 Å². The number of carbonyl (C=O) groups excluding carboxylic acids is 2. The first kappa shape index (κ1) is 18.5. The van der Waals surface area contributed by atoms with Gasteiger partial charge in [0.25, 0.3) is 0 Å². The molecule has 0 heterocycles. The summed E-state index contributed by atoms with van der Waals surface area (Å²) in [5, 5.41) is 0. The molecule has 2 aromatic carbocycles. The molecule has 0 amide bonds. The molecule has 7 heteroatoms. The average Bonchev–Trinajstić information content (AvgIpc) is 2.61. The van der Waals surface area contributed by atoms with Gasteiger partial charge in [0, 0.05) is 0 Å². The fraction of sp³-hybridized carbons (Fsp3) is 0.222. The van der Waals surface area contributed by atoms with E-state index in [1.54, 1.807) is 30.3 Å². The fourth-order valence-corrected chi connectivity index (χ4v) is 2.16. The summed E-state index contributed by atoms with van der Waals surface area (Å²) in [7, 11) is 1.15. The molecule has 0 unspecified atom stereocenters. The van der Waals surface area contributed by atoms with Crippen LogP contribution in [0.15, 0.2) is 54.6 Å². The number of methoxy groups -OCH3 is 1. The summed E-state index contributed by atoms with van der Waals surface area (Å²) in [5.41, 5.74) is -0.264. The van der Waals surface area contributed by atoms with E-state index < -0.39 is 29.6 Å². The Labute approximate surface area is 142 Å². The van der Waals surface area contributed by atoms with Gasteiger partial charge in [-0.25, -0.2) is 4.79 Å². The van der Waals surface area contributed by atoms with E-state index in [0.717, 1.165) is 19.2 Å². The lowest BCUT2D eigenvalue weighted by molar-refractivity contribution is -0.143. The number of alkyl halides is 3. The normalized spacial score (nSPS) is 12.3. The van der Waals surface area contributed by atoms with E-state index in [1.807, 2.05) is 0 Å². The zero-order valence-corrected chi connectivity index (χ0v) is 13.2. The Bertz CT molecular complexity index is 724. The number of carbonyl (C=O) groups is 2. The van der Waals surface area contributed by atoms with Crippen LogP contribution >= 0.6 is 0 Å². The lowest BCUT2D eigenvalue weighted by atomic mass is 9.98. The maximum absolute atomic E-state index is 12.6. The number of esters is 2. The molecule has 2 rings (SSSR count). The van der Waals surface area contributed by atoms with Gasteiger partial charge >= 0.3 is 18.1 Å². The van der Waals surface area contributed by atoms with Crippen molar-refractivity contribution in [2.45, 2.75) is 12.1 Å². The van der Waals surface area contributed by atoms with Crippen LogP contribution in [0, 0.1) is 0 Å². The Morgan fingerprint density at radius 3 is 2.12 bits per heavy atom. The van der Waals surface area contributed by atoms with Gasteiger partial charge in [0.2, 0.25) is 0 Å². The van der Waals surface area contributed by atoms with Crippen LogP contribution in [0.1, 0.15) is 27.4 Å². The van der Waals surface area contributed by atoms with Gasteiger partial charge in [-0.3, -0.25) is 4.79 Å². The Morgan fingerprint density at radius 1 is 1.00 bits per heavy atom. The van der Waals surface area contributed by atoms with E-state index in [2.05, 4.69) is 4.74 Å². The van der Waals surface area contributed by atoms with Crippen LogP contribution in [-0.4, -0.2) is 25.7 Å². The molecular weight excluding hydrogens is 337 g/mol. The summed E-state index contributed by atoms with van der Waals surface area (Å²) in [5.74, 6) is -2.36. The molecule has 132 valence electrons. The van der Waals surface area contributed by atoms with Crippen molar-refractivity contribution in [2.24, 2.45) is 0 Å². The molecular formula is C18H15F3O4. The largest absolute Gasteiger partial charge is 0.468 e. The second-order valence-electron chi connectivity index (χ2n) is 5.16. The van der Waals surface area contributed by atoms with E-state index in [-0.39, 0.29) is 12.2 Å². The van der Waals surface area contributed by atoms with Gasteiger partial charge in [-0.15, -0.1) is 0 Å². The van der Waals surface area contributed by atoms with E-state index in [4.69, 9.17) is 4.74 Å². The molecule has 0 aromatic heterocycles. The van der Waals surface area contributed by atoms with E-state index in [0.29, 0.717) is 5.56 Å². The molecule has 0 bridgehead atoms. The Balaban J connectivity index is 2.14. The molecule has 1 atom stereocenters. The summed E-state index contributed by atoms with van der Waals surface area (Å²) in [4.78, 5) is 23.9. The third-order valence-corrected chi connectivity index (χ3v) is 3.52. The first-order valence-corrected chi connectivity index (χ1v) is 7.30. The second-order valence-corrected chi connectivity index (χ2v) is 5.16. The minimum Gasteiger partial charge on any atom is -0.468 e. The SMILES string of the molecule is COC(=O)[C@H](COC(=O)c1ccccc1)c1ccc(C(F)(F)F)cc1. The average molecular weight is 352 g/mol.